The molecule has 1 aliphatic heterocycles. The number of halogens is 1. The molecule has 0 aliphatic carbocycles. The van der Waals surface area contributed by atoms with Crippen molar-refractivity contribution in [3.8, 4) is 0 Å². The highest BCUT2D eigenvalue weighted by atomic mass is 35.5. The summed E-state index contributed by atoms with van der Waals surface area (Å²) >= 11 is 6.21. The van der Waals surface area contributed by atoms with Crippen LogP contribution in [0.1, 0.15) is 38.4 Å². The molecule has 4 nitrogen and oxygen atoms in total. The van der Waals surface area contributed by atoms with Crippen LogP contribution in [0.4, 0.5) is 0 Å². The van der Waals surface area contributed by atoms with Gasteiger partial charge >= 0.3 is 5.97 Å². The van der Waals surface area contributed by atoms with Gasteiger partial charge in [0.15, 0.2) is 11.9 Å². The fraction of sp³-hybridized carbons (Fsp3) is 0.533. The molecule has 1 aliphatic rings. The summed E-state index contributed by atoms with van der Waals surface area (Å²) in [6, 6.07) is 7.30. The van der Waals surface area contributed by atoms with Crippen LogP contribution >= 0.6 is 11.6 Å². The highest BCUT2D eigenvalue weighted by Crippen LogP contribution is 2.44. The number of hydrogen-bond donors (Lipinski definition) is 0. The molecule has 0 aromatic heterocycles. The van der Waals surface area contributed by atoms with E-state index in [2.05, 4.69) is 0 Å². The Morgan fingerprint density at radius 2 is 1.95 bits per heavy atom. The van der Waals surface area contributed by atoms with Gasteiger partial charge in [-0.15, -0.1) is 0 Å². The highest BCUT2D eigenvalue weighted by molar-refractivity contribution is 6.31. The van der Waals surface area contributed by atoms with E-state index >= 15 is 0 Å². The third-order valence-corrected chi connectivity index (χ3v) is 4.03. The molecule has 2 atom stereocenters. The summed E-state index contributed by atoms with van der Waals surface area (Å²) in [5, 5.41) is 0.554. The molecule has 20 heavy (non-hydrogen) atoms. The average molecular weight is 299 g/mol. The molecule has 0 spiro atoms. The van der Waals surface area contributed by atoms with Crippen molar-refractivity contribution in [1.29, 1.82) is 0 Å². The summed E-state index contributed by atoms with van der Waals surface area (Å²) in [6.07, 6.45) is -0.0357. The lowest BCUT2D eigenvalue weighted by Gasteiger charge is -2.25. The molecule has 0 unspecified atom stereocenters. The van der Waals surface area contributed by atoms with Crippen molar-refractivity contribution in [3.05, 3.63) is 34.9 Å². The van der Waals surface area contributed by atoms with Gasteiger partial charge in [0.25, 0.3) is 0 Å². The molecule has 0 bridgehead atoms. The van der Waals surface area contributed by atoms with Crippen LogP contribution in [0.25, 0.3) is 0 Å². The summed E-state index contributed by atoms with van der Waals surface area (Å²) in [6.45, 7) is 3.93. The van der Waals surface area contributed by atoms with Gasteiger partial charge in [0.05, 0.1) is 7.11 Å². The minimum Gasteiger partial charge on any atom is -0.467 e. The fourth-order valence-corrected chi connectivity index (χ4v) is 2.66. The van der Waals surface area contributed by atoms with Gasteiger partial charge < -0.3 is 14.2 Å². The lowest BCUT2D eigenvalue weighted by atomic mass is 10.0. The van der Waals surface area contributed by atoms with Gasteiger partial charge in [-0.3, -0.25) is 0 Å². The molecule has 5 heteroatoms. The van der Waals surface area contributed by atoms with Crippen LogP contribution in [0, 0.1) is 0 Å². The van der Waals surface area contributed by atoms with Crippen LogP contribution in [0.2, 0.25) is 5.02 Å². The van der Waals surface area contributed by atoms with Crippen molar-refractivity contribution in [2.75, 3.05) is 7.11 Å². The van der Waals surface area contributed by atoms with Gasteiger partial charge in [-0.2, -0.15) is 0 Å². The van der Waals surface area contributed by atoms with E-state index in [1.165, 1.54) is 7.11 Å². The number of benzene rings is 1. The van der Waals surface area contributed by atoms with E-state index in [-0.39, 0.29) is 0 Å². The predicted molar refractivity (Wildman–Crippen MR) is 75.5 cm³/mol. The second kappa shape index (κ2) is 6.12. The molecule has 1 aromatic rings. The number of methoxy groups -OCH3 is 1. The normalized spacial score (nSPS) is 24.6. The van der Waals surface area contributed by atoms with Crippen molar-refractivity contribution in [2.45, 2.75) is 44.7 Å². The molecule has 2 rings (SSSR count). The van der Waals surface area contributed by atoms with Crippen molar-refractivity contribution in [3.63, 3.8) is 0 Å². The number of ether oxygens (including phenoxy) is 3. The molecule has 1 fully saturated rings. The fourth-order valence-electron chi connectivity index (χ4n) is 2.42. The third kappa shape index (κ3) is 2.68. The first-order valence-electron chi connectivity index (χ1n) is 6.74. The van der Waals surface area contributed by atoms with Crippen molar-refractivity contribution in [1.82, 2.24) is 0 Å². The standard InChI is InChI=1S/C15H19ClO4/c1-4-15(5-2)19-12(13(20-15)14(17)18-3)10-8-6-7-9-11(10)16/h6-9,12-13H,4-5H2,1-3H3/t12-,13-/m0/s1. The Kier molecular flexibility index (Phi) is 4.68. The van der Waals surface area contributed by atoms with E-state index < -0.39 is 24.0 Å². The number of esters is 1. The lowest BCUT2D eigenvalue weighted by molar-refractivity contribution is -0.187. The maximum absolute atomic E-state index is 12.0. The van der Waals surface area contributed by atoms with E-state index in [0.29, 0.717) is 17.9 Å². The SMILES string of the molecule is CCC1(CC)O[C@H](C(=O)OC)[C@H](c2ccccc2Cl)O1. The van der Waals surface area contributed by atoms with Gasteiger partial charge in [0.1, 0.15) is 6.10 Å². The molecule has 1 saturated heterocycles. The molecular weight excluding hydrogens is 280 g/mol. The van der Waals surface area contributed by atoms with Crippen molar-refractivity contribution >= 4 is 17.6 Å². The van der Waals surface area contributed by atoms with Crippen molar-refractivity contribution in [2.24, 2.45) is 0 Å². The Hall–Kier alpha value is -1.10. The van der Waals surface area contributed by atoms with Gasteiger partial charge in [-0.05, 0) is 18.9 Å². The quantitative estimate of drug-likeness (QED) is 0.798. The first-order valence-corrected chi connectivity index (χ1v) is 7.12. The Morgan fingerprint density at radius 3 is 2.50 bits per heavy atom. The molecule has 1 heterocycles. The summed E-state index contributed by atoms with van der Waals surface area (Å²) in [5.74, 6) is -1.21. The molecule has 0 saturated carbocycles. The zero-order valence-electron chi connectivity index (χ0n) is 11.9. The number of rotatable bonds is 4. The number of carbonyl (C=O) groups is 1. The predicted octanol–water partition coefficient (Wildman–Crippen LogP) is 3.49. The maximum Gasteiger partial charge on any atom is 0.338 e. The van der Waals surface area contributed by atoms with Crippen LogP contribution in [0.15, 0.2) is 24.3 Å². The van der Waals surface area contributed by atoms with E-state index in [1.807, 2.05) is 32.0 Å². The summed E-state index contributed by atoms with van der Waals surface area (Å²) in [7, 11) is 1.34. The summed E-state index contributed by atoms with van der Waals surface area (Å²) in [5.41, 5.74) is 0.744. The molecule has 0 radical (unpaired) electrons. The van der Waals surface area contributed by atoms with Crippen LogP contribution in [0.3, 0.4) is 0 Å². The number of carbonyl (C=O) groups excluding carboxylic acids is 1. The largest absolute Gasteiger partial charge is 0.467 e. The maximum atomic E-state index is 12.0. The average Bonchev–Trinajstić information content (AvgIpc) is 2.87. The van der Waals surface area contributed by atoms with Gasteiger partial charge in [0.2, 0.25) is 0 Å². The monoisotopic (exact) mass is 298 g/mol. The Balaban J connectivity index is 2.38. The van der Waals surface area contributed by atoms with E-state index in [9.17, 15) is 4.79 Å². The van der Waals surface area contributed by atoms with Crippen LogP contribution in [-0.2, 0) is 19.0 Å². The molecular formula is C15H19ClO4. The Morgan fingerprint density at radius 1 is 1.30 bits per heavy atom. The zero-order chi connectivity index (χ0) is 14.8. The van der Waals surface area contributed by atoms with Crippen LogP contribution in [0.5, 0.6) is 0 Å². The molecule has 1 aromatic carbocycles. The molecule has 0 amide bonds. The molecule has 0 N–H and O–H groups in total. The van der Waals surface area contributed by atoms with Gasteiger partial charge in [-0.25, -0.2) is 4.79 Å². The first kappa shape index (κ1) is 15.3. The minimum absolute atomic E-state index is 0.446. The second-order valence-corrected chi connectivity index (χ2v) is 5.15. The van der Waals surface area contributed by atoms with Gasteiger partial charge in [0, 0.05) is 10.6 Å². The smallest absolute Gasteiger partial charge is 0.338 e. The van der Waals surface area contributed by atoms with Crippen LogP contribution in [-0.4, -0.2) is 25.0 Å². The highest BCUT2D eigenvalue weighted by Gasteiger charge is 2.50. The third-order valence-electron chi connectivity index (χ3n) is 3.68. The van der Waals surface area contributed by atoms with Crippen molar-refractivity contribution < 1.29 is 19.0 Å². The van der Waals surface area contributed by atoms with Gasteiger partial charge in [-0.1, -0.05) is 43.6 Å². The Bertz CT molecular complexity index is 485. The minimum atomic E-state index is -0.792. The van der Waals surface area contributed by atoms with E-state index in [4.69, 9.17) is 25.8 Å². The molecule has 110 valence electrons. The topological polar surface area (TPSA) is 44.8 Å². The van der Waals surface area contributed by atoms with Crippen LogP contribution < -0.4 is 0 Å². The summed E-state index contributed by atoms with van der Waals surface area (Å²) in [4.78, 5) is 12.0. The second-order valence-electron chi connectivity index (χ2n) is 4.74. The van der Waals surface area contributed by atoms with E-state index in [1.54, 1.807) is 6.07 Å². The zero-order valence-corrected chi connectivity index (χ0v) is 12.6. The first-order chi connectivity index (χ1) is 9.56. The lowest BCUT2D eigenvalue weighted by Crippen LogP contribution is -2.32. The Labute approximate surface area is 124 Å². The van der Waals surface area contributed by atoms with E-state index in [0.717, 1.165) is 5.56 Å². The number of hydrogen-bond acceptors (Lipinski definition) is 4. The summed E-state index contributed by atoms with van der Waals surface area (Å²) < 4.78 is 16.7.